The van der Waals surface area contributed by atoms with Gasteiger partial charge < -0.3 is 10.1 Å². The standard InChI is InChI=1S/C17H26N2O2/c1-11-10-21-14-9-7-6-8-13(14)15(11)18-12(2)16(20)19-17(3,4)5/h6-9,11-12,15,18H,10H2,1-5H3,(H,19,20). The van der Waals surface area contributed by atoms with E-state index in [1.165, 1.54) is 0 Å². The molecule has 0 spiro atoms. The van der Waals surface area contributed by atoms with Gasteiger partial charge >= 0.3 is 0 Å². The summed E-state index contributed by atoms with van der Waals surface area (Å²) in [5, 5.41) is 6.47. The van der Waals surface area contributed by atoms with Crippen molar-refractivity contribution in [2.24, 2.45) is 5.92 Å². The average molecular weight is 290 g/mol. The number of amides is 1. The minimum atomic E-state index is -0.247. The van der Waals surface area contributed by atoms with Gasteiger partial charge in [-0.2, -0.15) is 0 Å². The third-order valence-electron chi connectivity index (χ3n) is 3.65. The van der Waals surface area contributed by atoms with Gasteiger partial charge in [0.2, 0.25) is 5.91 Å². The molecule has 0 aromatic heterocycles. The highest BCUT2D eigenvalue weighted by molar-refractivity contribution is 5.82. The molecule has 1 aliphatic rings. The van der Waals surface area contributed by atoms with E-state index in [0.717, 1.165) is 11.3 Å². The fourth-order valence-electron chi connectivity index (χ4n) is 2.57. The average Bonchev–Trinajstić information content (AvgIpc) is 2.40. The molecule has 0 aliphatic carbocycles. The van der Waals surface area contributed by atoms with E-state index in [9.17, 15) is 4.79 Å². The molecule has 3 atom stereocenters. The summed E-state index contributed by atoms with van der Waals surface area (Å²) >= 11 is 0. The van der Waals surface area contributed by atoms with E-state index < -0.39 is 0 Å². The molecule has 0 bridgehead atoms. The van der Waals surface area contributed by atoms with Gasteiger partial charge in [-0.15, -0.1) is 0 Å². The fourth-order valence-corrected chi connectivity index (χ4v) is 2.57. The van der Waals surface area contributed by atoms with Gasteiger partial charge in [-0.05, 0) is 33.8 Å². The monoisotopic (exact) mass is 290 g/mol. The van der Waals surface area contributed by atoms with Gasteiger partial charge in [0.1, 0.15) is 5.75 Å². The summed E-state index contributed by atoms with van der Waals surface area (Å²) in [6.07, 6.45) is 0. The Hall–Kier alpha value is -1.55. The Morgan fingerprint density at radius 3 is 2.67 bits per heavy atom. The molecule has 1 aliphatic heterocycles. The van der Waals surface area contributed by atoms with Crippen LogP contribution in [0, 0.1) is 5.92 Å². The van der Waals surface area contributed by atoms with Gasteiger partial charge in [-0.1, -0.05) is 25.1 Å². The van der Waals surface area contributed by atoms with Crippen LogP contribution in [0.3, 0.4) is 0 Å². The van der Waals surface area contributed by atoms with Gasteiger partial charge in [-0.25, -0.2) is 0 Å². The van der Waals surface area contributed by atoms with Crippen molar-refractivity contribution in [1.82, 2.24) is 10.6 Å². The van der Waals surface area contributed by atoms with Crippen LogP contribution in [0.4, 0.5) is 0 Å². The first kappa shape index (κ1) is 15.8. The lowest BCUT2D eigenvalue weighted by Crippen LogP contribution is -2.51. The molecule has 1 amide bonds. The molecular weight excluding hydrogens is 264 g/mol. The van der Waals surface area contributed by atoms with Gasteiger partial charge in [0.25, 0.3) is 0 Å². The van der Waals surface area contributed by atoms with E-state index in [1.807, 2.05) is 45.9 Å². The number of fused-ring (bicyclic) bond motifs is 1. The summed E-state index contributed by atoms with van der Waals surface area (Å²) in [6.45, 7) is 10.7. The summed E-state index contributed by atoms with van der Waals surface area (Å²) in [7, 11) is 0. The molecule has 2 rings (SSSR count). The molecule has 0 fully saturated rings. The third kappa shape index (κ3) is 3.97. The Morgan fingerprint density at radius 2 is 2.00 bits per heavy atom. The van der Waals surface area contributed by atoms with Crippen LogP contribution in [0.25, 0.3) is 0 Å². The highest BCUT2D eigenvalue weighted by Gasteiger charge is 2.30. The fraction of sp³-hybridized carbons (Fsp3) is 0.588. The maximum atomic E-state index is 12.2. The van der Waals surface area contributed by atoms with Crippen LogP contribution >= 0.6 is 0 Å². The number of ether oxygens (including phenoxy) is 1. The Labute approximate surface area is 127 Å². The molecule has 0 saturated heterocycles. The Bertz CT molecular complexity index is 508. The van der Waals surface area contributed by atoms with Crippen molar-refractivity contribution in [2.75, 3.05) is 6.61 Å². The van der Waals surface area contributed by atoms with Crippen molar-refractivity contribution in [3.63, 3.8) is 0 Å². The van der Waals surface area contributed by atoms with E-state index in [4.69, 9.17) is 4.74 Å². The summed E-state index contributed by atoms with van der Waals surface area (Å²) in [5.74, 6) is 1.26. The Morgan fingerprint density at radius 1 is 1.33 bits per heavy atom. The minimum Gasteiger partial charge on any atom is -0.493 e. The smallest absolute Gasteiger partial charge is 0.237 e. The van der Waals surface area contributed by atoms with Gasteiger partial charge in [0.15, 0.2) is 0 Å². The molecule has 0 radical (unpaired) electrons. The lowest BCUT2D eigenvalue weighted by atomic mass is 9.91. The zero-order valence-electron chi connectivity index (χ0n) is 13.6. The molecule has 3 unspecified atom stereocenters. The molecule has 116 valence electrons. The maximum Gasteiger partial charge on any atom is 0.237 e. The topological polar surface area (TPSA) is 50.4 Å². The second-order valence-corrected chi connectivity index (χ2v) is 6.93. The first-order valence-electron chi connectivity index (χ1n) is 7.58. The van der Waals surface area contributed by atoms with E-state index in [2.05, 4.69) is 23.6 Å². The van der Waals surface area contributed by atoms with Crippen molar-refractivity contribution in [2.45, 2.75) is 52.2 Å². The highest BCUT2D eigenvalue weighted by Crippen LogP contribution is 2.35. The number of hydrogen-bond acceptors (Lipinski definition) is 3. The molecule has 4 nitrogen and oxygen atoms in total. The molecule has 2 N–H and O–H groups in total. The zero-order valence-corrected chi connectivity index (χ0v) is 13.6. The molecule has 21 heavy (non-hydrogen) atoms. The molecule has 1 aromatic rings. The predicted molar refractivity (Wildman–Crippen MR) is 84.3 cm³/mol. The van der Waals surface area contributed by atoms with Crippen LogP contribution in [-0.4, -0.2) is 24.1 Å². The van der Waals surface area contributed by atoms with Gasteiger partial charge in [0, 0.05) is 23.1 Å². The molecule has 1 heterocycles. The SMILES string of the molecule is CC(NC1c2ccccc2OCC1C)C(=O)NC(C)(C)C. The number of carbonyl (C=O) groups excluding carboxylic acids is 1. The largest absolute Gasteiger partial charge is 0.493 e. The van der Waals surface area contributed by atoms with Crippen molar-refractivity contribution in [3.8, 4) is 5.75 Å². The summed E-state index contributed by atoms with van der Waals surface area (Å²) in [6, 6.07) is 7.92. The van der Waals surface area contributed by atoms with Crippen LogP contribution in [0.2, 0.25) is 0 Å². The maximum absolute atomic E-state index is 12.2. The highest BCUT2D eigenvalue weighted by atomic mass is 16.5. The molecule has 1 aromatic carbocycles. The summed E-state index contributed by atoms with van der Waals surface area (Å²) < 4.78 is 5.75. The normalized spacial score (nSPS) is 22.9. The number of hydrogen-bond donors (Lipinski definition) is 2. The number of para-hydroxylation sites is 1. The van der Waals surface area contributed by atoms with E-state index in [0.29, 0.717) is 12.5 Å². The first-order chi connectivity index (χ1) is 9.78. The van der Waals surface area contributed by atoms with E-state index in [-0.39, 0.29) is 23.5 Å². The van der Waals surface area contributed by atoms with Crippen LogP contribution in [0.1, 0.15) is 46.2 Å². The Kier molecular flexibility index (Phi) is 4.57. The van der Waals surface area contributed by atoms with E-state index >= 15 is 0 Å². The van der Waals surface area contributed by atoms with Crippen LogP contribution in [0.5, 0.6) is 5.75 Å². The van der Waals surface area contributed by atoms with Crippen LogP contribution in [-0.2, 0) is 4.79 Å². The quantitative estimate of drug-likeness (QED) is 0.900. The summed E-state index contributed by atoms with van der Waals surface area (Å²) in [4.78, 5) is 12.2. The number of carbonyl (C=O) groups is 1. The van der Waals surface area contributed by atoms with Crippen molar-refractivity contribution in [1.29, 1.82) is 0 Å². The number of nitrogens with one attached hydrogen (secondary N) is 2. The van der Waals surface area contributed by atoms with Crippen molar-refractivity contribution >= 4 is 5.91 Å². The first-order valence-corrected chi connectivity index (χ1v) is 7.58. The minimum absolute atomic E-state index is 0.0265. The van der Waals surface area contributed by atoms with Crippen molar-refractivity contribution in [3.05, 3.63) is 29.8 Å². The van der Waals surface area contributed by atoms with Crippen LogP contribution in [0.15, 0.2) is 24.3 Å². The molecule has 4 heteroatoms. The number of rotatable bonds is 3. The van der Waals surface area contributed by atoms with E-state index in [1.54, 1.807) is 0 Å². The van der Waals surface area contributed by atoms with Gasteiger partial charge in [-0.3, -0.25) is 10.1 Å². The predicted octanol–water partition coefficient (Wildman–Crippen LogP) is 2.65. The molecular formula is C17H26N2O2. The second-order valence-electron chi connectivity index (χ2n) is 6.93. The van der Waals surface area contributed by atoms with Crippen LogP contribution < -0.4 is 15.4 Å². The van der Waals surface area contributed by atoms with Gasteiger partial charge in [0.05, 0.1) is 12.6 Å². The van der Waals surface area contributed by atoms with Crippen molar-refractivity contribution < 1.29 is 9.53 Å². The lowest BCUT2D eigenvalue weighted by Gasteiger charge is -2.34. The summed E-state index contributed by atoms with van der Waals surface area (Å²) in [5.41, 5.74) is 0.915. The zero-order chi connectivity index (χ0) is 15.6. The number of benzene rings is 1. The second kappa shape index (κ2) is 6.06. The lowest BCUT2D eigenvalue weighted by molar-refractivity contribution is -0.124. The molecule has 0 saturated carbocycles. The Balaban J connectivity index is 2.10. The third-order valence-corrected chi connectivity index (χ3v) is 3.65.